The number of aromatic nitrogens is 4. The first-order valence-corrected chi connectivity index (χ1v) is 12.9. The van der Waals surface area contributed by atoms with Crippen molar-refractivity contribution in [2.75, 3.05) is 39.6 Å². The van der Waals surface area contributed by atoms with Gasteiger partial charge in [0, 0.05) is 57.6 Å². The first kappa shape index (κ1) is 25.8. The fourth-order valence-electron chi connectivity index (χ4n) is 5.20. The molecule has 0 radical (unpaired) electrons. The average molecular weight is 517 g/mol. The van der Waals surface area contributed by atoms with Gasteiger partial charge in [0.05, 0.1) is 24.2 Å². The number of methoxy groups -OCH3 is 2. The topological polar surface area (TPSA) is 91.3 Å². The highest BCUT2D eigenvalue weighted by Crippen LogP contribution is 2.39. The quantitative estimate of drug-likeness (QED) is 0.287. The van der Waals surface area contributed by atoms with E-state index >= 15 is 0 Å². The Morgan fingerprint density at radius 1 is 1.11 bits per heavy atom. The number of rotatable bonds is 11. The molecular formula is C29H33FN6O2. The number of anilines is 1. The van der Waals surface area contributed by atoms with Crippen molar-refractivity contribution in [2.45, 2.75) is 31.8 Å². The number of aryl methyl sites for hydroxylation is 1. The number of nitrogens with two attached hydrogens (primary N) is 1. The number of nitrogen functional groups attached to an aromatic ring is 1. The number of halogens is 1. The summed E-state index contributed by atoms with van der Waals surface area (Å²) < 4.78 is 26.8. The van der Waals surface area contributed by atoms with Crippen LogP contribution in [0.3, 0.4) is 0 Å². The Kier molecular flexibility index (Phi) is 7.95. The largest absolute Gasteiger partial charge is 0.497 e. The molecule has 9 heteroatoms. The molecule has 2 aromatic heterocycles. The second-order valence-electron chi connectivity index (χ2n) is 9.53. The third-order valence-electron chi connectivity index (χ3n) is 6.92. The molecule has 1 aliphatic rings. The highest BCUT2D eigenvalue weighted by atomic mass is 19.1. The zero-order valence-corrected chi connectivity index (χ0v) is 21.8. The van der Waals surface area contributed by atoms with E-state index in [1.165, 1.54) is 17.7 Å². The molecule has 0 fully saturated rings. The molecule has 5 rings (SSSR count). The second-order valence-corrected chi connectivity index (χ2v) is 9.53. The molecule has 0 saturated carbocycles. The molecule has 198 valence electrons. The molecule has 0 unspecified atom stereocenters. The van der Waals surface area contributed by atoms with E-state index in [9.17, 15) is 4.39 Å². The minimum Gasteiger partial charge on any atom is -0.497 e. The molecule has 0 spiro atoms. The Hall–Kier alpha value is -3.82. The van der Waals surface area contributed by atoms with E-state index in [0.717, 1.165) is 67.4 Å². The van der Waals surface area contributed by atoms with Crippen molar-refractivity contribution in [3.8, 4) is 28.4 Å². The fourth-order valence-corrected chi connectivity index (χ4v) is 5.20. The van der Waals surface area contributed by atoms with Gasteiger partial charge in [-0.1, -0.05) is 12.1 Å². The summed E-state index contributed by atoms with van der Waals surface area (Å²) in [6.45, 7) is 3.23. The van der Waals surface area contributed by atoms with Gasteiger partial charge >= 0.3 is 0 Å². The molecular weight excluding hydrogens is 483 g/mol. The summed E-state index contributed by atoms with van der Waals surface area (Å²) in [5, 5.41) is 0. The summed E-state index contributed by atoms with van der Waals surface area (Å²) in [6, 6.07) is 16.7. The second kappa shape index (κ2) is 11.7. The lowest BCUT2D eigenvalue weighted by molar-refractivity contribution is 0.161. The molecule has 1 aliphatic heterocycles. The van der Waals surface area contributed by atoms with E-state index < -0.39 is 0 Å². The van der Waals surface area contributed by atoms with Crippen molar-refractivity contribution in [3.05, 3.63) is 78.0 Å². The van der Waals surface area contributed by atoms with Gasteiger partial charge in [-0.25, -0.2) is 19.3 Å². The molecule has 0 saturated heterocycles. The molecule has 8 nitrogen and oxygen atoms in total. The SMILES string of the molecule is COCCCN(Cc1cccc(OC)c1)C[C@@H]1CCc2nc(-c3ccc(F)cc3)c(-c3ccnc(N)n3)n21. The van der Waals surface area contributed by atoms with Gasteiger partial charge < -0.3 is 19.8 Å². The maximum Gasteiger partial charge on any atom is 0.220 e. The van der Waals surface area contributed by atoms with Gasteiger partial charge in [0.1, 0.15) is 17.4 Å². The highest BCUT2D eigenvalue weighted by molar-refractivity contribution is 5.78. The standard InChI is InChI=1S/C29H33FN6O2/c1-37-16-4-15-35(18-20-5-3-6-24(17-20)38-2)19-23-11-12-26-34-27(21-7-9-22(30)10-8-21)28(36(23)26)25-13-14-32-29(31)33-25/h3,5-10,13-14,17,23H,4,11-12,15-16,18-19H2,1-2H3,(H2,31,32,33)/t23-/m0/s1. The summed E-state index contributed by atoms with van der Waals surface area (Å²) in [5.41, 5.74) is 10.4. The van der Waals surface area contributed by atoms with Crippen molar-refractivity contribution in [2.24, 2.45) is 0 Å². The third-order valence-corrected chi connectivity index (χ3v) is 6.92. The molecule has 0 aliphatic carbocycles. The Morgan fingerprint density at radius 3 is 2.71 bits per heavy atom. The predicted molar refractivity (Wildman–Crippen MR) is 145 cm³/mol. The van der Waals surface area contributed by atoms with E-state index in [4.69, 9.17) is 20.2 Å². The fraction of sp³-hybridized carbons (Fsp3) is 0.345. The number of hydrogen-bond donors (Lipinski definition) is 1. The third kappa shape index (κ3) is 5.69. The van der Waals surface area contributed by atoms with Gasteiger partial charge in [0.2, 0.25) is 5.95 Å². The van der Waals surface area contributed by atoms with E-state index in [1.807, 2.05) is 18.2 Å². The van der Waals surface area contributed by atoms with Crippen molar-refractivity contribution >= 4 is 5.95 Å². The highest BCUT2D eigenvalue weighted by Gasteiger charge is 2.32. The van der Waals surface area contributed by atoms with Gasteiger partial charge in [-0.15, -0.1) is 0 Å². The van der Waals surface area contributed by atoms with E-state index in [0.29, 0.717) is 12.3 Å². The van der Waals surface area contributed by atoms with Crippen LogP contribution in [0.15, 0.2) is 60.8 Å². The van der Waals surface area contributed by atoms with E-state index in [2.05, 4.69) is 31.6 Å². The zero-order valence-electron chi connectivity index (χ0n) is 21.8. The Labute approximate surface area is 222 Å². The van der Waals surface area contributed by atoms with Gasteiger partial charge in [-0.05, 0) is 60.9 Å². The summed E-state index contributed by atoms with van der Waals surface area (Å²) in [6.07, 6.45) is 4.42. The molecule has 1 atom stereocenters. The zero-order chi connectivity index (χ0) is 26.5. The lowest BCUT2D eigenvalue weighted by Crippen LogP contribution is -2.31. The molecule has 0 bridgehead atoms. The number of ether oxygens (including phenoxy) is 2. The van der Waals surface area contributed by atoms with Crippen LogP contribution in [0.1, 0.15) is 30.3 Å². The first-order valence-electron chi connectivity index (χ1n) is 12.9. The van der Waals surface area contributed by atoms with Crippen molar-refractivity contribution in [1.29, 1.82) is 0 Å². The van der Waals surface area contributed by atoms with Crippen LogP contribution >= 0.6 is 0 Å². The number of nitrogens with zero attached hydrogens (tertiary/aromatic N) is 5. The van der Waals surface area contributed by atoms with Crippen LogP contribution in [-0.2, 0) is 17.7 Å². The molecule has 4 aromatic rings. The normalized spacial score (nSPS) is 14.7. The van der Waals surface area contributed by atoms with Crippen LogP contribution in [0.5, 0.6) is 5.75 Å². The van der Waals surface area contributed by atoms with Crippen LogP contribution in [-0.4, -0.2) is 58.3 Å². The van der Waals surface area contributed by atoms with Crippen LogP contribution in [0.2, 0.25) is 0 Å². The minimum absolute atomic E-state index is 0.186. The molecule has 3 heterocycles. The summed E-state index contributed by atoms with van der Waals surface area (Å²) in [7, 11) is 3.42. The van der Waals surface area contributed by atoms with Crippen molar-refractivity contribution in [3.63, 3.8) is 0 Å². The number of hydrogen-bond acceptors (Lipinski definition) is 7. The average Bonchev–Trinajstić information content (AvgIpc) is 3.49. The summed E-state index contributed by atoms with van der Waals surface area (Å²) >= 11 is 0. The van der Waals surface area contributed by atoms with E-state index in [1.54, 1.807) is 32.5 Å². The first-order chi connectivity index (χ1) is 18.6. The van der Waals surface area contributed by atoms with Crippen LogP contribution < -0.4 is 10.5 Å². The van der Waals surface area contributed by atoms with Crippen LogP contribution in [0.4, 0.5) is 10.3 Å². The molecule has 0 amide bonds. The van der Waals surface area contributed by atoms with Crippen LogP contribution in [0.25, 0.3) is 22.6 Å². The molecule has 2 N–H and O–H groups in total. The smallest absolute Gasteiger partial charge is 0.220 e. The number of fused-ring (bicyclic) bond motifs is 1. The number of benzene rings is 2. The van der Waals surface area contributed by atoms with Crippen molar-refractivity contribution < 1.29 is 13.9 Å². The minimum atomic E-state index is -0.282. The maximum absolute atomic E-state index is 13.7. The molecule has 38 heavy (non-hydrogen) atoms. The van der Waals surface area contributed by atoms with Gasteiger partial charge in [0.15, 0.2) is 0 Å². The maximum atomic E-state index is 13.7. The Morgan fingerprint density at radius 2 is 1.95 bits per heavy atom. The van der Waals surface area contributed by atoms with E-state index in [-0.39, 0.29) is 17.8 Å². The summed E-state index contributed by atoms with van der Waals surface area (Å²) in [4.78, 5) is 16.1. The monoisotopic (exact) mass is 516 g/mol. The van der Waals surface area contributed by atoms with Crippen LogP contribution in [0, 0.1) is 5.82 Å². The number of imidazole rings is 1. The van der Waals surface area contributed by atoms with Crippen molar-refractivity contribution in [1.82, 2.24) is 24.4 Å². The van der Waals surface area contributed by atoms with Gasteiger partial charge in [-0.2, -0.15) is 0 Å². The lowest BCUT2D eigenvalue weighted by Gasteiger charge is -2.27. The molecule has 2 aromatic carbocycles. The summed E-state index contributed by atoms with van der Waals surface area (Å²) in [5.74, 6) is 1.77. The van der Waals surface area contributed by atoms with Gasteiger partial charge in [0.25, 0.3) is 0 Å². The Bertz CT molecular complexity index is 1370. The lowest BCUT2D eigenvalue weighted by atomic mass is 10.1. The predicted octanol–water partition coefficient (Wildman–Crippen LogP) is 4.76. The van der Waals surface area contributed by atoms with Gasteiger partial charge in [-0.3, -0.25) is 4.90 Å². The Balaban J connectivity index is 1.50.